The zero-order chi connectivity index (χ0) is 20.4. The Morgan fingerprint density at radius 1 is 1.21 bits per heavy atom. The summed E-state index contributed by atoms with van der Waals surface area (Å²) in [4.78, 5) is 25.0. The zero-order valence-electron chi connectivity index (χ0n) is 15.7. The first-order chi connectivity index (χ1) is 14.1. The maximum atomic E-state index is 13.3. The number of hydrogen-bond donors (Lipinski definition) is 2. The molecule has 0 bridgehead atoms. The molecule has 148 valence electrons. The van der Waals surface area contributed by atoms with Crippen LogP contribution in [0.4, 0.5) is 15.9 Å². The average Bonchev–Trinajstić information content (AvgIpc) is 3.19. The second kappa shape index (κ2) is 7.84. The molecule has 0 aliphatic carbocycles. The molecule has 2 aromatic carbocycles. The molecule has 1 aromatic heterocycles. The number of ether oxygens (including phenoxy) is 1. The number of nitrogens with one attached hydrogen (secondary N) is 2. The lowest BCUT2D eigenvalue weighted by molar-refractivity contribution is -0.123. The van der Waals surface area contributed by atoms with Crippen LogP contribution in [0.15, 0.2) is 54.6 Å². The smallest absolute Gasteiger partial charge is 0.251 e. The Bertz CT molecular complexity index is 1050. The number of benzene rings is 2. The molecule has 3 aromatic rings. The van der Waals surface area contributed by atoms with Gasteiger partial charge in [0.15, 0.2) is 0 Å². The lowest BCUT2D eigenvalue weighted by atomic mass is 10.1. The number of carbonyl (C=O) groups is 2. The fourth-order valence-electron chi connectivity index (χ4n) is 3.38. The third-order valence-corrected chi connectivity index (χ3v) is 4.67. The Morgan fingerprint density at radius 3 is 2.62 bits per heavy atom. The van der Waals surface area contributed by atoms with Crippen LogP contribution in [0.1, 0.15) is 18.2 Å². The Kier molecular flexibility index (Phi) is 5.09. The van der Waals surface area contributed by atoms with Gasteiger partial charge in [0.2, 0.25) is 5.91 Å². The van der Waals surface area contributed by atoms with Gasteiger partial charge < -0.3 is 15.4 Å². The number of nitrogens with zero attached hydrogens (tertiary/aromatic N) is 2. The summed E-state index contributed by atoms with van der Waals surface area (Å²) in [5.41, 5.74) is 2.62. The standard InChI is InChI=1S/C21H19FN4O3/c1-29-12-16-19(13-7-9-14(22)10-8-13)20-24-21(28)17(26(20)25-16)11-18(27)23-15-5-3-2-4-6-15/h2-10,17H,11-12H2,1H3,(H,23,27)(H,24,28). The number of hydrogen-bond acceptors (Lipinski definition) is 4. The van der Waals surface area contributed by atoms with Gasteiger partial charge in [0.25, 0.3) is 5.91 Å². The van der Waals surface area contributed by atoms with Crippen molar-refractivity contribution in [2.24, 2.45) is 0 Å². The molecule has 0 saturated heterocycles. The van der Waals surface area contributed by atoms with Crippen molar-refractivity contribution < 1.29 is 18.7 Å². The summed E-state index contributed by atoms with van der Waals surface area (Å²) >= 11 is 0. The first-order valence-electron chi connectivity index (χ1n) is 9.09. The molecular formula is C21H19FN4O3. The lowest BCUT2D eigenvalue weighted by Gasteiger charge is -2.10. The van der Waals surface area contributed by atoms with Crippen LogP contribution < -0.4 is 10.6 Å². The van der Waals surface area contributed by atoms with Gasteiger partial charge in [-0.2, -0.15) is 5.10 Å². The van der Waals surface area contributed by atoms with Gasteiger partial charge in [-0.15, -0.1) is 0 Å². The van der Waals surface area contributed by atoms with Crippen molar-refractivity contribution in [3.05, 3.63) is 66.1 Å². The van der Waals surface area contributed by atoms with E-state index in [0.717, 1.165) is 0 Å². The van der Waals surface area contributed by atoms with Crippen molar-refractivity contribution in [1.82, 2.24) is 9.78 Å². The molecule has 0 saturated carbocycles. The van der Waals surface area contributed by atoms with Crippen LogP contribution in [-0.4, -0.2) is 28.7 Å². The van der Waals surface area contributed by atoms with Crippen molar-refractivity contribution in [2.75, 3.05) is 17.7 Å². The van der Waals surface area contributed by atoms with Gasteiger partial charge in [-0.05, 0) is 29.8 Å². The van der Waals surface area contributed by atoms with E-state index in [-0.39, 0.29) is 30.7 Å². The fourth-order valence-corrected chi connectivity index (χ4v) is 3.38. The molecule has 2 amide bonds. The molecule has 1 aliphatic rings. The number of carbonyl (C=O) groups excluding carboxylic acids is 2. The van der Waals surface area contributed by atoms with Crippen molar-refractivity contribution >= 4 is 23.3 Å². The zero-order valence-corrected chi connectivity index (χ0v) is 15.7. The molecule has 7 nitrogen and oxygen atoms in total. The summed E-state index contributed by atoms with van der Waals surface area (Å²) in [6, 6.07) is 14.2. The van der Waals surface area contributed by atoms with Gasteiger partial charge in [0.1, 0.15) is 17.7 Å². The molecule has 0 fully saturated rings. The molecule has 8 heteroatoms. The quantitative estimate of drug-likeness (QED) is 0.671. The summed E-state index contributed by atoms with van der Waals surface area (Å²) in [7, 11) is 1.54. The highest BCUT2D eigenvalue weighted by atomic mass is 19.1. The third kappa shape index (κ3) is 3.74. The minimum absolute atomic E-state index is 0.0648. The second-order valence-corrected chi connectivity index (χ2v) is 6.68. The molecule has 1 aliphatic heterocycles. The highest BCUT2D eigenvalue weighted by molar-refractivity contribution is 6.04. The topological polar surface area (TPSA) is 85.2 Å². The highest BCUT2D eigenvalue weighted by Gasteiger charge is 2.37. The molecule has 2 heterocycles. The van der Waals surface area contributed by atoms with Crippen LogP contribution >= 0.6 is 0 Å². The van der Waals surface area contributed by atoms with E-state index in [1.807, 2.05) is 18.2 Å². The highest BCUT2D eigenvalue weighted by Crippen LogP contribution is 2.38. The van der Waals surface area contributed by atoms with Crippen LogP contribution in [0.25, 0.3) is 11.1 Å². The van der Waals surface area contributed by atoms with E-state index in [9.17, 15) is 14.0 Å². The summed E-state index contributed by atoms with van der Waals surface area (Å²) in [5.74, 6) is -0.490. The van der Waals surface area contributed by atoms with Gasteiger partial charge in [-0.3, -0.25) is 9.59 Å². The molecule has 0 radical (unpaired) electrons. The number of para-hydroxylation sites is 1. The number of amides is 2. The molecule has 4 rings (SSSR count). The number of rotatable bonds is 6. The normalized spacial score (nSPS) is 15.1. The van der Waals surface area contributed by atoms with Gasteiger partial charge in [0.05, 0.1) is 18.7 Å². The number of methoxy groups -OCH3 is 1. The molecule has 0 spiro atoms. The van der Waals surface area contributed by atoms with Gasteiger partial charge in [-0.25, -0.2) is 9.07 Å². The first-order valence-corrected chi connectivity index (χ1v) is 9.09. The monoisotopic (exact) mass is 394 g/mol. The van der Waals surface area contributed by atoms with Gasteiger partial charge in [0, 0.05) is 18.4 Å². The maximum absolute atomic E-state index is 13.3. The Morgan fingerprint density at radius 2 is 1.93 bits per heavy atom. The lowest BCUT2D eigenvalue weighted by Crippen LogP contribution is -2.24. The summed E-state index contributed by atoms with van der Waals surface area (Å²) in [6.45, 7) is 0.214. The summed E-state index contributed by atoms with van der Waals surface area (Å²) in [6.07, 6.45) is -0.0648. The van der Waals surface area contributed by atoms with E-state index in [1.165, 1.54) is 16.8 Å². The van der Waals surface area contributed by atoms with Crippen molar-refractivity contribution in [2.45, 2.75) is 19.1 Å². The average molecular weight is 394 g/mol. The fraction of sp³-hybridized carbons (Fsp3) is 0.190. The predicted octanol–water partition coefficient (Wildman–Crippen LogP) is 3.36. The minimum atomic E-state index is -0.779. The SMILES string of the molecule is COCc1nn2c(c1-c1ccc(F)cc1)NC(=O)C2CC(=O)Nc1ccccc1. The molecule has 1 atom stereocenters. The Hall–Kier alpha value is -3.52. The maximum Gasteiger partial charge on any atom is 0.251 e. The summed E-state index contributed by atoms with van der Waals surface area (Å²) < 4.78 is 20.1. The predicted molar refractivity (Wildman–Crippen MR) is 106 cm³/mol. The van der Waals surface area contributed by atoms with E-state index in [2.05, 4.69) is 15.7 Å². The van der Waals surface area contributed by atoms with Crippen molar-refractivity contribution in [1.29, 1.82) is 0 Å². The minimum Gasteiger partial charge on any atom is -0.378 e. The van der Waals surface area contributed by atoms with E-state index < -0.39 is 6.04 Å². The van der Waals surface area contributed by atoms with Crippen LogP contribution in [0.3, 0.4) is 0 Å². The van der Waals surface area contributed by atoms with Crippen molar-refractivity contribution in [3.63, 3.8) is 0 Å². The van der Waals surface area contributed by atoms with Crippen LogP contribution in [0.2, 0.25) is 0 Å². The van der Waals surface area contributed by atoms with E-state index >= 15 is 0 Å². The largest absolute Gasteiger partial charge is 0.378 e. The molecular weight excluding hydrogens is 375 g/mol. The Balaban J connectivity index is 1.64. The van der Waals surface area contributed by atoms with E-state index in [1.54, 1.807) is 31.4 Å². The summed E-state index contributed by atoms with van der Waals surface area (Å²) in [5, 5.41) is 10.1. The van der Waals surface area contributed by atoms with E-state index in [4.69, 9.17) is 4.74 Å². The number of aromatic nitrogens is 2. The first kappa shape index (κ1) is 18.8. The Labute approximate surface area is 166 Å². The van der Waals surface area contributed by atoms with Gasteiger partial charge >= 0.3 is 0 Å². The van der Waals surface area contributed by atoms with Crippen LogP contribution in [0, 0.1) is 5.82 Å². The van der Waals surface area contributed by atoms with Gasteiger partial charge in [-0.1, -0.05) is 30.3 Å². The van der Waals surface area contributed by atoms with Crippen molar-refractivity contribution in [3.8, 4) is 11.1 Å². The molecule has 2 N–H and O–H groups in total. The van der Waals surface area contributed by atoms with E-state index in [0.29, 0.717) is 28.3 Å². The number of fused-ring (bicyclic) bond motifs is 1. The van der Waals surface area contributed by atoms with Crippen LogP contribution in [-0.2, 0) is 20.9 Å². The number of anilines is 2. The second-order valence-electron chi connectivity index (χ2n) is 6.68. The molecule has 29 heavy (non-hydrogen) atoms. The number of halogens is 1. The molecule has 1 unspecified atom stereocenters. The van der Waals surface area contributed by atoms with Crippen LogP contribution in [0.5, 0.6) is 0 Å². The third-order valence-electron chi connectivity index (χ3n) is 4.67.